The van der Waals surface area contributed by atoms with Gasteiger partial charge in [0.15, 0.2) is 0 Å². The van der Waals surface area contributed by atoms with Gasteiger partial charge in [0.2, 0.25) is 0 Å². The van der Waals surface area contributed by atoms with Gasteiger partial charge in [-0.25, -0.2) is 4.79 Å². The number of hydrogen-bond acceptors (Lipinski definition) is 4. The Morgan fingerprint density at radius 2 is 2.21 bits per heavy atom. The minimum Gasteiger partial charge on any atom is -0.462 e. The molecule has 0 aliphatic carbocycles. The van der Waals surface area contributed by atoms with Crippen LogP contribution >= 0.6 is 27.3 Å². The molecule has 0 aliphatic rings. The highest BCUT2D eigenvalue weighted by molar-refractivity contribution is 9.08. The third-order valence-corrected chi connectivity index (χ3v) is 4.53. The largest absolute Gasteiger partial charge is 0.462 e. The number of rotatable bonds is 5. The molecular weight excluding hydrogens is 328 g/mol. The Labute approximate surface area is 124 Å². The summed E-state index contributed by atoms with van der Waals surface area (Å²) in [4.78, 5) is 12.7. The summed E-state index contributed by atoms with van der Waals surface area (Å²) in [5.74, 6) is -0.249. The zero-order valence-corrected chi connectivity index (χ0v) is 13.3. The number of carbonyl (C=O) groups excluding carboxylic acids is 1. The van der Waals surface area contributed by atoms with E-state index < -0.39 is 0 Å². The van der Waals surface area contributed by atoms with Gasteiger partial charge in [-0.1, -0.05) is 28.1 Å². The molecule has 1 heterocycles. The lowest BCUT2D eigenvalue weighted by atomic mass is 10.1. The Balaban J connectivity index is 2.61. The SMILES string of the molecule is CCOC(=O)c1sc2cccc(COC)c2c1CBr. The highest BCUT2D eigenvalue weighted by Crippen LogP contribution is 2.35. The minimum atomic E-state index is -0.249. The minimum absolute atomic E-state index is 0.249. The molecule has 0 N–H and O–H groups in total. The van der Waals surface area contributed by atoms with Gasteiger partial charge >= 0.3 is 5.97 Å². The summed E-state index contributed by atoms with van der Waals surface area (Å²) in [6.07, 6.45) is 0. The van der Waals surface area contributed by atoms with Crippen molar-refractivity contribution in [2.24, 2.45) is 0 Å². The van der Waals surface area contributed by atoms with Gasteiger partial charge in [-0.05, 0) is 24.1 Å². The van der Waals surface area contributed by atoms with E-state index in [9.17, 15) is 4.79 Å². The van der Waals surface area contributed by atoms with E-state index in [0.29, 0.717) is 23.4 Å². The highest BCUT2D eigenvalue weighted by Gasteiger charge is 2.20. The molecule has 0 spiro atoms. The number of alkyl halides is 1. The Hall–Kier alpha value is -0.910. The van der Waals surface area contributed by atoms with E-state index >= 15 is 0 Å². The number of ether oxygens (including phenoxy) is 2. The van der Waals surface area contributed by atoms with Gasteiger partial charge in [0, 0.05) is 22.5 Å². The predicted octanol–water partition coefficient (Wildman–Crippen LogP) is 4.12. The zero-order chi connectivity index (χ0) is 13.8. The number of carbonyl (C=O) groups is 1. The highest BCUT2D eigenvalue weighted by atomic mass is 79.9. The molecule has 1 aromatic carbocycles. The third-order valence-electron chi connectivity index (χ3n) is 2.79. The van der Waals surface area contributed by atoms with Crippen molar-refractivity contribution >= 4 is 43.3 Å². The summed E-state index contributed by atoms with van der Waals surface area (Å²) in [7, 11) is 1.67. The summed E-state index contributed by atoms with van der Waals surface area (Å²) in [6.45, 7) is 2.74. The van der Waals surface area contributed by atoms with Crippen molar-refractivity contribution in [3.8, 4) is 0 Å². The van der Waals surface area contributed by atoms with Gasteiger partial charge in [-0.3, -0.25) is 0 Å². The first-order valence-electron chi connectivity index (χ1n) is 5.98. The molecule has 3 nitrogen and oxygen atoms in total. The van der Waals surface area contributed by atoms with Crippen LogP contribution in [0.2, 0.25) is 0 Å². The Morgan fingerprint density at radius 3 is 2.84 bits per heavy atom. The van der Waals surface area contributed by atoms with E-state index in [4.69, 9.17) is 9.47 Å². The molecule has 0 saturated heterocycles. The summed E-state index contributed by atoms with van der Waals surface area (Å²) >= 11 is 4.95. The van der Waals surface area contributed by atoms with Gasteiger partial charge in [-0.2, -0.15) is 0 Å². The van der Waals surface area contributed by atoms with Crippen LogP contribution in [-0.4, -0.2) is 19.7 Å². The molecule has 0 fully saturated rings. The number of fused-ring (bicyclic) bond motifs is 1. The van der Waals surface area contributed by atoms with Gasteiger partial charge in [-0.15, -0.1) is 11.3 Å². The van der Waals surface area contributed by atoms with E-state index in [0.717, 1.165) is 21.2 Å². The lowest BCUT2D eigenvalue weighted by molar-refractivity contribution is 0.0531. The normalized spacial score (nSPS) is 10.9. The van der Waals surface area contributed by atoms with Gasteiger partial charge in [0.05, 0.1) is 13.2 Å². The smallest absolute Gasteiger partial charge is 0.348 e. The molecule has 2 rings (SSSR count). The van der Waals surface area contributed by atoms with Crippen LogP contribution in [0.1, 0.15) is 27.7 Å². The number of thiophene rings is 1. The van der Waals surface area contributed by atoms with E-state index in [-0.39, 0.29) is 5.97 Å². The molecule has 0 saturated carbocycles. The lowest BCUT2D eigenvalue weighted by Gasteiger charge is -2.05. The van der Waals surface area contributed by atoms with Crippen LogP contribution in [0.5, 0.6) is 0 Å². The van der Waals surface area contributed by atoms with Crippen LogP contribution < -0.4 is 0 Å². The first kappa shape index (κ1) is 14.5. The Bertz CT molecular complexity index is 592. The van der Waals surface area contributed by atoms with E-state index in [1.54, 1.807) is 7.11 Å². The number of esters is 1. The standard InChI is InChI=1S/C14H15BrO3S/c1-3-18-14(16)13-10(7-15)12-9(8-17-2)5-4-6-11(12)19-13/h4-6H,3,7-8H2,1-2H3. The molecule has 0 aliphatic heterocycles. The second-order valence-electron chi connectivity index (χ2n) is 3.99. The maximum absolute atomic E-state index is 12.0. The lowest BCUT2D eigenvalue weighted by Crippen LogP contribution is -2.04. The number of benzene rings is 1. The molecule has 19 heavy (non-hydrogen) atoms. The van der Waals surface area contributed by atoms with Crippen LogP contribution in [0, 0.1) is 0 Å². The maximum Gasteiger partial charge on any atom is 0.348 e. The van der Waals surface area contributed by atoms with Crippen molar-refractivity contribution in [3.63, 3.8) is 0 Å². The number of hydrogen-bond donors (Lipinski definition) is 0. The van der Waals surface area contributed by atoms with Crippen LogP contribution in [0.25, 0.3) is 10.1 Å². The first-order valence-corrected chi connectivity index (χ1v) is 7.92. The first-order chi connectivity index (χ1) is 9.22. The third kappa shape index (κ3) is 2.83. The average Bonchev–Trinajstić information content (AvgIpc) is 2.79. The van der Waals surface area contributed by atoms with E-state index in [1.165, 1.54) is 11.3 Å². The molecule has 2 aromatic rings. The molecule has 102 valence electrons. The fourth-order valence-electron chi connectivity index (χ4n) is 2.05. The van der Waals surface area contributed by atoms with Crippen molar-refractivity contribution in [1.82, 2.24) is 0 Å². The van der Waals surface area contributed by atoms with Gasteiger partial charge in [0.25, 0.3) is 0 Å². The summed E-state index contributed by atoms with van der Waals surface area (Å²) in [6, 6.07) is 6.04. The van der Waals surface area contributed by atoms with Crippen molar-refractivity contribution < 1.29 is 14.3 Å². The molecule has 1 aromatic heterocycles. The quantitative estimate of drug-likeness (QED) is 0.605. The van der Waals surface area contributed by atoms with Crippen molar-refractivity contribution in [2.75, 3.05) is 13.7 Å². The molecule has 0 unspecified atom stereocenters. The van der Waals surface area contributed by atoms with Gasteiger partial charge in [0.1, 0.15) is 4.88 Å². The monoisotopic (exact) mass is 342 g/mol. The predicted molar refractivity (Wildman–Crippen MR) is 81.1 cm³/mol. The molecule has 5 heteroatoms. The zero-order valence-electron chi connectivity index (χ0n) is 10.9. The molecule has 0 atom stereocenters. The second kappa shape index (κ2) is 6.50. The van der Waals surface area contributed by atoms with Crippen molar-refractivity contribution in [1.29, 1.82) is 0 Å². The topological polar surface area (TPSA) is 35.5 Å². The fraction of sp³-hybridized carbons (Fsp3) is 0.357. The molecular formula is C14H15BrO3S. The summed E-state index contributed by atoms with van der Waals surface area (Å²) in [5, 5.41) is 1.73. The molecule has 0 amide bonds. The van der Waals surface area contributed by atoms with Crippen LogP contribution in [0.3, 0.4) is 0 Å². The Morgan fingerprint density at radius 1 is 1.42 bits per heavy atom. The second-order valence-corrected chi connectivity index (χ2v) is 5.60. The Kier molecular flexibility index (Phi) is 4.96. The number of methoxy groups -OCH3 is 1. The molecule has 0 bridgehead atoms. The van der Waals surface area contributed by atoms with Crippen LogP contribution in [-0.2, 0) is 21.4 Å². The summed E-state index contributed by atoms with van der Waals surface area (Å²) in [5.41, 5.74) is 2.09. The molecule has 0 radical (unpaired) electrons. The maximum atomic E-state index is 12.0. The van der Waals surface area contributed by atoms with Crippen molar-refractivity contribution in [3.05, 3.63) is 34.2 Å². The summed E-state index contributed by atoms with van der Waals surface area (Å²) < 4.78 is 11.4. The van der Waals surface area contributed by atoms with E-state index in [2.05, 4.69) is 15.9 Å². The van der Waals surface area contributed by atoms with Gasteiger partial charge < -0.3 is 9.47 Å². The van der Waals surface area contributed by atoms with E-state index in [1.807, 2.05) is 25.1 Å². The van der Waals surface area contributed by atoms with Crippen molar-refractivity contribution in [2.45, 2.75) is 18.9 Å². The average molecular weight is 343 g/mol. The van der Waals surface area contributed by atoms with Crippen LogP contribution in [0.4, 0.5) is 0 Å². The van der Waals surface area contributed by atoms with Crippen LogP contribution in [0.15, 0.2) is 18.2 Å². The fourth-order valence-corrected chi connectivity index (χ4v) is 3.96. The number of halogens is 1.